The van der Waals surface area contributed by atoms with Crippen LogP contribution in [-0.4, -0.2) is 37.1 Å². The van der Waals surface area contributed by atoms with E-state index in [4.69, 9.17) is 4.42 Å². The van der Waals surface area contributed by atoms with Gasteiger partial charge in [-0.25, -0.2) is 0 Å². The van der Waals surface area contributed by atoms with Gasteiger partial charge in [-0.2, -0.15) is 11.8 Å². The number of nitrogens with zero attached hydrogens (tertiary/aromatic N) is 1. The molecule has 2 N–H and O–H groups in total. The first-order chi connectivity index (χ1) is 10.5. The van der Waals surface area contributed by atoms with Crippen LogP contribution >= 0.6 is 11.8 Å². The van der Waals surface area contributed by atoms with Gasteiger partial charge in [0, 0.05) is 36.7 Å². The minimum absolute atomic E-state index is 0.191. The van der Waals surface area contributed by atoms with E-state index in [1.165, 1.54) is 0 Å². The van der Waals surface area contributed by atoms with Crippen LogP contribution in [0, 0.1) is 0 Å². The molecule has 0 unspecified atom stereocenters. The third kappa shape index (κ3) is 4.70. The number of fused-ring (bicyclic) bond motifs is 1. The van der Waals surface area contributed by atoms with Crippen LogP contribution in [0.2, 0.25) is 0 Å². The third-order valence-corrected chi connectivity index (χ3v) is 4.85. The number of nitrogens with one attached hydrogen (secondary N) is 2. The predicted molar refractivity (Wildman–Crippen MR) is 96.9 cm³/mol. The van der Waals surface area contributed by atoms with Gasteiger partial charge in [-0.05, 0) is 32.2 Å². The maximum Gasteiger partial charge on any atom is 0.191 e. The Labute approximate surface area is 136 Å². The van der Waals surface area contributed by atoms with E-state index in [2.05, 4.69) is 47.9 Å². The predicted octanol–water partition coefficient (Wildman–Crippen LogP) is 3.28. The van der Waals surface area contributed by atoms with Crippen molar-refractivity contribution in [3.63, 3.8) is 0 Å². The SMILES string of the molecule is CN=C(NCCc1cc2ccccc2o1)NCC(C)(C)SC. The van der Waals surface area contributed by atoms with Gasteiger partial charge >= 0.3 is 0 Å². The van der Waals surface area contributed by atoms with Gasteiger partial charge in [-0.1, -0.05) is 18.2 Å². The molecule has 5 heteroatoms. The molecule has 1 aromatic heterocycles. The number of hydrogen-bond donors (Lipinski definition) is 2. The van der Waals surface area contributed by atoms with Crippen molar-refractivity contribution in [2.75, 3.05) is 26.4 Å². The molecule has 0 radical (unpaired) electrons. The van der Waals surface area contributed by atoms with Gasteiger partial charge in [0.15, 0.2) is 5.96 Å². The molecular formula is C17H25N3OS. The lowest BCUT2D eigenvalue weighted by atomic mass is 10.2. The number of aliphatic imine (C=N–C) groups is 1. The third-order valence-electron chi connectivity index (χ3n) is 3.60. The van der Waals surface area contributed by atoms with Crippen molar-refractivity contribution >= 4 is 28.7 Å². The molecule has 2 rings (SSSR count). The Bertz CT molecular complexity index is 601. The van der Waals surface area contributed by atoms with Crippen molar-refractivity contribution in [3.8, 4) is 0 Å². The Hall–Kier alpha value is -1.62. The summed E-state index contributed by atoms with van der Waals surface area (Å²) in [5.74, 6) is 1.83. The zero-order valence-corrected chi connectivity index (χ0v) is 14.6. The van der Waals surface area contributed by atoms with Crippen molar-refractivity contribution in [1.82, 2.24) is 10.6 Å². The van der Waals surface area contributed by atoms with Crippen LogP contribution in [0.15, 0.2) is 39.7 Å². The summed E-state index contributed by atoms with van der Waals surface area (Å²) in [6.45, 7) is 6.09. The standard InChI is InChI=1S/C17H25N3OS/c1-17(2,22-4)12-20-16(18-3)19-10-9-14-11-13-7-5-6-8-15(13)21-14/h5-8,11H,9-10,12H2,1-4H3,(H2,18,19,20). The fourth-order valence-corrected chi connectivity index (χ4v) is 2.27. The molecule has 0 saturated heterocycles. The molecule has 4 nitrogen and oxygen atoms in total. The summed E-state index contributed by atoms with van der Waals surface area (Å²) in [5.41, 5.74) is 0.946. The molecule has 0 atom stereocenters. The minimum Gasteiger partial charge on any atom is -0.461 e. The lowest BCUT2D eigenvalue weighted by molar-refractivity contribution is 0.544. The summed E-state index contributed by atoms with van der Waals surface area (Å²) < 4.78 is 6.00. The highest BCUT2D eigenvalue weighted by Crippen LogP contribution is 2.20. The molecule has 0 bridgehead atoms. The van der Waals surface area contributed by atoms with Crippen LogP contribution in [0.4, 0.5) is 0 Å². The minimum atomic E-state index is 0.191. The number of rotatable bonds is 6. The number of thioether (sulfide) groups is 1. The molecule has 2 aromatic rings. The van der Waals surface area contributed by atoms with Gasteiger partial charge in [0.1, 0.15) is 11.3 Å². The zero-order valence-electron chi connectivity index (χ0n) is 13.8. The summed E-state index contributed by atoms with van der Waals surface area (Å²) in [5, 5.41) is 7.84. The molecule has 0 aliphatic carbocycles. The molecular weight excluding hydrogens is 294 g/mol. The lowest BCUT2D eigenvalue weighted by Gasteiger charge is -2.23. The van der Waals surface area contributed by atoms with Crippen LogP contribution in [-0.2, 0) is 6.42 Å². The second-order valence-corrected chi connectivity index (χ2v) is 7.33. The van der Waals surface area contributed by atoms with Crippen molar-refractivity contribution in [3.05, 3.63) is 36.1 Å². The summed E-state index contributed by atoms with van der Waals surface area (Å²) in [4.78, 5) is 4.25. The van der Waals surface area contributed by atoms with Crippen molar-refractivity contribution < 1.29 is 4.42 Å². The smallest absolute Gasteiger partial charge is 0.191 e. The largest absolute Gasteiger partial charge is 0.461 e. The average Bonchev–Trinajstić information content (AvgIpc) is 2.93. The Morgan fingerprint density at radius 3 is 2.73 bits per heavy atom. The molecule has 120 valence electrons. The van der Waals surface area contributed by atoms with E-state index in [9.17, 15) is 0 Å². The fourth-order valence-electron chi connectivity index (χ4n) is 2.05. The highest BCUT2D eigenvalue weighted by Gasteiger charge is 2.16. The number of furan rings is 1. The van der Waals surface area contributed by atoms with Crippen LogP contribution in [0.5, 0.6) is 0 Å². The number of para-hydroxylation sites is 1. The molecule has 1 heterocycles. The highest BCUT2D eigenvalue weighted by molar-refractivity contribution is 7.99. The summed E-state index contributed by atoms with van der Waals surface area (Å²) in [6, 6.07) is 10.2. The monoisotopic (exact) mass is 319 g/mol. The maximum atomic E-state index is 5.81. The van der Waals surface area contributed by atoms with Crippen molar-refractivity contribution in [1.29, 1.82) is 0 Å². The number of guanidine groups is 1. The van der Waals surface area contributed by atoms with E-state index in [-0.39, 0.29) is 4.75 Å². The first-order valence-corrected chi connectivity index (χ1v) is 8.74. The first kappa shape index (κ1) is 16.7. The van der Waals surface area contributed by atoms with Gasteiger partial charge in [0.2, 0.25) is 0 Å². The molecule has 1 aromatic carbocycles. The van der Waals surface area contributed by atoms with Gasteiger partial charge in [0.25, 0.3) is 0 Å². The fraction of sp³-hybridized carbons (Fsp3) is 0.471. The normalized spacial score (nSPS) is 12.6. The van der Waals surface area contributed by atoms with Gasteiger partial charge < -0.3 is 15.1 Å². The quantitative estimate of drug-likeness (QED) is 0.634. The molecule has 0 amide bonds. The van der Waals surface area contributed by atoms with Crippen LogP contribution in [0.25, 0.3) is 11.0 Å². The van der Waals surface area contributed by atoms with Gasteiger partial charge in [-0.3, -0.25) is 4.99 Å². The summed E-state index contributed by atoms with van der Waals surface area (Å²) in [6.07, 6.45) is 2.96. The molecule has 0 spiro atoms. The molecule has 0 aliphatic heterocycles. The zero-order chi connectivity index (χ0) is 16.0. The Morgan fingerprint density at radius 1 is 1.27 bits per heavy atom. The second kappa shape index (κ2) is 7.58. The number of benzene rings is 1. The van der Waals surface area contributed by atoms with E-state index < -0.39 is 0 Å². The Morgan fingerprint density at radius 2 is 2.05 bits per heavy atom. The van der Waals surface area contributed by atoms with E-state index >= 15 is 0 Å². The first-order valence-electron chi connectivity index (χ1n) is 7.51. The lowest BCUT2D eigenvalue weighted by Crippen LogP contribution is -2.43. The van der Waals surface area contributed by atoms with Gasteiger partial charge in [-0.15, -0.1) is 0 Å². The molecule has 0 saturated carbocycles. The van der Waals surface area contributed by atoms with Gasteiger partial charge in [0.05, 0.1) is 0 Å². The van der Waals surface area contributed by atoms with E-state index in [0.29, 0.717) is 0 Å². The van der Waals surface area contributed by atoms with E-state index in [1.54, 1.807) is 7.05 Å². The molecule has 0 fully saturated rings. The van der Waals surface area contributed by atoms with Crippen molar-refractivity contribution in [2.24, 2.45) is 4.99 Å². The molecule has 0 aliphatic rings. The Balaban J connectivity index is 1.81. The number of hydrogen-bond acceptors (Lipinski definition) is 3. The topological polar surface area (TPSA) is 49.6 Å². The summed E-state index contributed by atoms with van der Waals surface area (Å²) in [7, 11) is 1.79. The Kier molecular flexibility index (Phi) is 5.77. The van der Waals surface area contributed by atoms with Crippen LogP contribution in [0.3, 0.4) is 0 Å². The van der Waals surface area contributed by atoms with Crippen molar-refractivity contribution in [2.45, 2.75) is 25.0 Å². The van der Waals surface area contributed by atoms with E-state index in [0.717, 1.165) is 42.2 Å². The average molecular weight is 319 g/mol. The van der Waals surface area contributed by atoms with Crippen LogP contribution < -0.4 is 10.6 Å². The summed E-state index contributed by atoms with van der Waals surface area (Å²) >= 11 is 1.84. The second-order valence-electron chi connectivity index (χ2n) is 5.82. The molecule has 22 heavy (non-hydrogen) atoms. The van der Waals surface area contributed by atoms with Crippen LogP contribution in [0.1, 0.15) is 19.6 Å². The van der Waals surface area contributed by atoms with E-state index in [1.807, 2.05) is 30.0 Å². The highest BCUT2D eigenvalue weighted by atomic mass is 32.2. The maximum absolute atomic E-state index is 5.81.